The molecule has 0 saturated heterocycles. The highest BCUT2D eigenvalue weighted by Gasteiger charge is 2.87. The van der Waals surface area contributed by atoms with Gasteiger partial charge in [0, 0.05) is 5.92 Å². The molecule has 0 aromatic heterocycles. The van der Waals surface area contributed by atoms with Crippen LogP contribution >= 0.6 is 0 Å². The highest BCUT2D eigenvalue weighted by Crippen LogP contribution is 2.65. The van der Waals surface area contributed by atoms with Crippen LogP contribution in [0, 0.1) is 5.92 Å². The van der Waals surface area contributed by atoms with Gasteiger partial charge in [0.15, 0.2) is 0 Å². The van der Waals surface area contributed by atoms with Crippen molar-refractivity contribution < 1.29 is 43.9 Å². The Morgan fingerprint density at radius 3 is 1.70 bits per heavy atom. The lowest BCUT2D eigenvalue weighted by Gasteiger charge is -2.43. The van der Waals surface area contributed by atoms with Crippen molar-refractivity contribution in [3.8, 4) is 0 Å². The first-order valence-electron chi connectivity index (χ1n) is 5.56. The van der Waals surface area contributed by atoms with E-state index in [2.05, 4.69) is 0 Å². The van der Waals surface area contributed by atoms with Gasteiger partial charge in [-0.15, -0.1) is 0 Å². The van der Waals surface area contributed by atoms with Gasteiger partial charge in [-0.2, -0.15) is 35.1 Å². The van der Waals surface area contributed by atoms with E-state index in [4.69, 9.17) is 0 Å². The minimum atomic E-state index is -6.62. The standard InChI is InChI=1S/C10H10F10/c1-2-5-3-4-6(11,9(15,16)17)7(5,12)8(13,14)10(18,19)20/h5H,2-4H2,1H3. The van der Waals surface area contributed by atoms with Crippen LogP contribution in [0.5, 0.6) is 0 Å². The fourth-order valence-electron chi connectivity index (χ4n) is 2.62. The van der Waals surface area contributed by atoms with Gasteiger partial charge >= 0.3 is 18.3 Å². The molecule has 3 atom stereocenters. The number of hydrogen-bond donors (Lipinski definition) is 0. The first-order valence-corrected chi connectivity index (χ1v) is 5.56. The van der Waals surface area contributed by atoms with E-state index < -0.39 is 54.8 Å². The second-order valence-corrected chi connectivity index (χ2v) is 4.73. The molecular weight excluding hydrogens is 310 g/mol. The van der Waals surface area contributed by atoms with E-state index in [-0.39, 0.29) is 0 Å². The Morgan fingerprint density at radius 1 is 0.950 bits per heavy atom. The summed E-state index contributed by atoms with van der Waals surface area (Å²) in [6.45, 7) is 0.924. The molecule has 120 valence electrons. The van der Waals surface area contributed by atoms with Gasteiger partial charge in [0.2, 0.25) is 11.3 Å². The van der Waals surface area contributed by atoms with E-state index in [9.17, 15) is 43.9 Å². The van der Waals surface area contributed by atoms with Gasteiger partial charge in [0.1, 0.15) is 0 Å². The van der Waals surface area contributed by atoms with Crippen LogP contribution in [0.15, 0.2) is 0 Å². The van der Waals surface area contributed by atoms with Gasteiger partial charge in [-0.05, 0) is 19.3 Å². The van der Waals surface area contributed by atoms with Crippen LogP contribution in [0.2, 0.25) is 0 Å². The van der Waals surface area contributed by atoms with E-state index in [0.717, 1.165) is 6.92 Å². The fourth-order valence-corrected chi connectivity index (χ4v) is 2.62. The molecule has 0 radical (unpaired) electrons. The molecule has 1 aliphatic rings. The molecule has 1 rings (SSSR count). The summed E-state index contributed by atoms with van der Waals surface area (Å²) in [5, 5.41) is 0. The summed E-state index contributed by atoms with van der Waals surface area (Å²) in [4.78, 5) is 0. The minimum absolute atomic E-state index is 0.774. The molecule has 1 fully saturated rings. The van der Waals surface area contributed by atoms with Crippen LogP contribution in [0.4, 0.5) is 43.9 Å². The Kier molecular flexibility index (Phi) is 3.81. The molecule has 0 spiro atoms. The maximum atomic E-state index is 14.2. The Balaban J connectivity index is 3.54. The topological polar surface area (TPSA) is 0 Å². The normalized spacial score (nSPS) is 36.5. The zero-order chi connectivity index (χ0) is 16.2. The highest BCUT2D eigenvalue weighted by atomic mass is 19.4. The molecule has 1 aliphatic carbocycles. The zero-order valence-corrected chi connectivity index (χ0v) is 9.98. The van der Waals surface area contributed by atoms with Gasteiger partial charge in [-0.25, -0.2) is 8.78 Å². The first kappa shape index (κ1) is 17.4. The Labute approximate surface area is 107 Å². The first-order chi connectivity index (χ1) is 8.67. The molecule has 0 N–H and O–H groups in total. The third-order valence-electron chi connectivity index (χ3n) is 3.73. The molecule has 0 aliphatic heterocycles. The van der Waals surface area contributed by atoms with Crippen LogP contribution in [0.1, 0.15) is 26.2 Å². The molecule has 0 aromatic rings. The van der Waals surface area contributed by atoms with Crippen LogP contribution in [-0.4, -0.2) is 29.6 Å². The third-order valence-corrected chi connectivity index (χ3v) is 3.73. The van der Waals surface area contributed by atoms with Crippen molar-refractivity contribution >= 4 is 0 Å². The average Bonchev–Trinajstić information content (AvgIpc) is 2.52. The van der Waals surface area contributed by atoms with Crippen LogP contribution in [0.3, 0.4) is 0 Å². The summed E-state index contributed by atoms with van der Waals surface area (Å²) < 4.78 is 129. The van der Waals surface area contributed by atoms with E-state index in [1.807, 2.05) is 0 Å². The molecule has 3 unspecified atom stereocenters. The summed E-state index contributed by atoms with van der Waals surface area (Å²) in [6.07, 6.45) is -16.4. The second kappa shape index (κ2) is 4.40. The predicted molar refractivity (Wildman–Crippen MR) is 47.8 cm³/mol. The number of alkyl halides is 10. The van der Waals surface area contributed by atoms with E-state index in [0.29, 0.717) is 0 Å². The molecule has 20 heavy (non-hydrogen) atoms. The Morgan fingerprint density at radius 2 is 1.40 bits per heavy atom. The fraction of sp³-hybridized carbons (Fsp3) is 1.00. The predicted octanol–water partition coefficient (Wildman–Crippen LogP) is 4.98. The third kappa shape index (κ3) is 1.89. The largest absolute Gasteiger partial charge is 0.456 e. The molecule has 0 heterocycles. The SMILES string of the molecule is CCC1CCC(F)(C(F)(F)F)C1(F)C(F)(F)C(F)(F)F. The minimum Gasteiger partial charge on any atom is -0.232 e. The monoisotopic (exact) mass is 320 g/mol. The molecule has 10 heteroatoms. The van der Waals surface area contributed by atoms with Crippen LogP contribution in [-0.2, 0) is 0 Å². The Bertz CT molecular complexity index is 369. The van der Waals surface area contributed by atoms with Crippen LogP contribution < -0.4 is 0 Å². The van der Waals surface area contributed by atoms with Crippen molar-refractivity contribution in [2.24, 2.45) is 5.92 Å². The molecule has 0 bridgehead atoms. The number of hydrogen-bond acceptors (Lipinski definition) is 0. The lowest BCUT2D eigenvalue weighted by molar-refractivity contribution is -0.379. The summed E-state index contributed by atoms with van der Waals surface area (Å²) in [6, 6.07) is 0. The van der Waals surface area contributed by atoms with E-state index >= 15 is 0 Å². The van der Waals surface area contributed by atoms with Crippen molar-refractivity contribution in [2.75, 3.05) is 0 Å². The number of rotatable bonds is 2. The average molecular weight is 320 g/mol. The van der Waals surface area contributed by atoms with Crippen molar-refractivity contribution in [2.45, 2.75) is 55.8 Å². The quantitative estimate of drug-likeness (QED) is 0.629. The van der Waals surface area contributed by atoms with Gasteiger partial charge in [0.25, 0.3) is 0 Å². The zero-order valence-electron chi connectivity index (χ0n) is 9.98. The maximum absolute atomic E-state index is 14.2. The summed E-state index contributed by atoms with van der Waals surface area (Å²) in [7, 11) is 0. The summed E-state index contributed by atoms with van der Waals surface area (Å²) in [5.74, 6) is -8.83. The van der Waals surface area contributed by atoms with Gasteiger partial charge in [-0.1, -0.05) is 6.92 Å². The second-order valence-electron chi connectivity index (χ2n) is 4.73. The molecule has 1 saturated carbocycles. The van der Waals surface area contributed by atoms with E-state index in [1.54, 1.807) is 0 Å². The molecular formula is C10H10F10. The molecule has 0 aromatic carbocycles. The molecule has 0 amide bonds. The summed E-state index contributed by atoms with van der Waals surface area (Å²) >= 11 is 0. The maximum Gasteiger partial charge on any atom is 0.456 e. The van der Waals surface area contributed by atoms with E-state index in [1.165, 1.54) is 0 Å². The van der Waals surface area contributed by atoms with Crippen LogP contribution in [0.25, 0.3) is 0 Å². The van der Waals surface area contributed by atoms with Crippen molar-refractivity contribution in [1.82, 2.24) is 0 Å². The lowest BCUT2D eigenvalue weighted by Crippen LogP contribution is -2.69. The lowest BCUT2D eigenvalue weighted by atomic mass is 9.76. The summed E-state index contributed by atoms with van der Waals surface area (Å²) in [5.41, 5.74) is -10.6. The molecule has 0 nitrogen and oxygen atoms in total. The smallest absolute Gasteiger partial charge is 0.232 e. The van der Waals surface area contributed by atoms with Crippen molar-refractivity contribution in [3.05, 3.63) is 0 Å². The van der Waals surface area contributed by atoms with Gasteiger partial charge in [0.05, 0.1) is 0 Å². The number of halogens is 10. The van der Waals surface area contributed by atoms with Gasteiger partial charge in [-0.3, -0.25) is 0 Å². The Hall–Kier alpha value is -0.700. The highest BCUT2D eigenvalue weighted by molar-refractivity contribution is 5.21. The van der Waals surface area contributed by atoms with Crippen molar-refractivity contribution in [3.63, 3.8) is 0 Å². The van der Waals surface area contributed by atoms with Gasteiger partial charge < -0.3 is 0 Å². The van der Waals surface area contributed by atoms with Crippen molar-refractivity contribution in [1.29, 1.82) is 0 Å².